The summed E-state index contributed by atoms with van der Waals surface area (Å²) in [6.45, 7) is 5.48. The average molecular weight is 293 g/mol. The summed E-state index contributed by atoms with van der Waals surface area (Å²) in [5.74, 6) is 1.61. The van der Waals surface area contributed by atoms with Gasteiger partial charge in [0.15, 0.2) is 11.5 Å². The van der Waals surface area contributed by atoms with Crippen LogP contribution in [0, 0.1) is 6.92 Å². The first-order valence-electron chi connectivity index (χ1n) is 7.76. The molecule has 1 aromatic carbocycles. The fraction of sp³-hybridized carbons (Fsp3) is 0.647. The number of nitrogens with zero attached hydrogens (tertiary/aromatic N) is 1. The van der Waals surface area contributed by atoms with Gasteiger partial charge in [-0.1, -0.05) is 6.07 Å². The first-order valence-corrected chi connectivity index (χ1v) is 7.76. The lowest BCUT2D eigenvalue weighted by Gasteiger charge is -2.27. The van der Waals surface area contributed by atoms with Gasteiger partial charge in [-0.2, -0.15) is 0 Å². The van der Waals surface area contributed by atoms with Crippen LogP contribution in [0.2, 0.25) is 0 Å². The highest BCUT2D eigenvalue weighted by molar-refractivity contribution is 5.42. The van der Waals surface area contributed by atoms with Crippen molar-refractivity contribution in [3.63, 3.8) is 0 Å². The fourth-order valence-electron chi connectivity index (χ4n) is 2.60. The summed E-state index contributed by atoms with van der Waals surface area (Å²) < 4.78 is 16.9. The standard InChI is InChI=1S/C17H27NO3/c1-14-7-8-16(17(12-14)19-3)21-11-9-18(2)13-15-6-4-5-10-20-15/h7-8,12,15H,4-6,9-11,13H2,1-3H3. The Kier molecular flexibility index (Phi) is 6.33. The third kappa shape index (κ3) is 5.21. The van der Waals surface area contributed by atoms with Crippen molar-refractivity contribution in [3.8, 4) is 11.5 Å². The van der Waals surface area contributed by atoms with Crippen LogP contribution in [0.4, 0.5) is 0 Å². The molecule has 0 aromatic heterocycles. The van der Waals surface area contributed by atoms with Crippen molar-refractivity contribution in [1.29, 1.82) is 0 Å². The number of ether oxygens (including phenoxy) is 3. The molecule has 1 aliphatic rings. The number of methoxy groups -OCH3 is 1. The molecule has 0 saturated carbocycles. The van der Waals surface area contributed by atoms with Crippen LogP contribution in [0.1, 0.15) is 24.8 Å². The van der Waals surface area contributed by atoms with E-state index in [1.54, 1.807) is 7.11 Å². The van der Waals surface area contributed by atoms with Gasteiger partial charge in [0.25, 0.3) is 0 Å². The molecule has 1 aromatic rings. The minimum Gasteiger partial charge on any atom is -0.493 e. The van der Waals surface area contributed by atoms with Gasteiger partial charge in [-0.15, -0.1) is 0 Å². The molecule has 1 aliphatic heterocycles. The minimum absolute atomic E-state index is 0.387. The molecule has 1 saturated heterocycles. The van der Waals surface area contributed by atoms with Crippen molar-refractivity contribution in [2.75, 3.05) is 40.5 Å². The van der Waals surface area contributed by atoms with Gasteiger partial charge in [0.1, 0.15) is 6.61 Å². The van der Waals surface area contributed by atoms with Gasteiger partial charge in [-0.3, -0.25) is 0 Å². The molecular formula is C17H27NO3. The van der Waals surface area contributed by atoms with Crippen molar-refractivity contribution >= 4 is 0 Å². The highest BCUT2D eigenvalue weighted by Crippen LogP contribution is 2.27. The van der Waals surface area contributed by atoms with Crippen molar-refractivity contribution < 1.29 is 14.2 Å². The van der Waals surface area contributed by atoms with E-state index in [9.17, 15) is 0 Å². The van der Waals surface area contributed by atoms with Crippen LogP contribution < -0.4 is 9.47 Å². The molecular weight excluding hydrogens is 266 g/mol. The topological polar surface area (TPSA) is 30.9 Å². The molecule has 2 rings (SSSR count). The van der Waals surface area contributed by atoms with Gasteiger partial charge < -0.3 is 19.1 Å². The molecule has 1 atom stereocenters. The Labute approximate surface area is 128 Å². The number of hydrogen-bond acceptors (Lipinski definition) is 4. The van der Waals surface area contributed by atoms with Crippen molar-refractivity contribution in [2.45, 2.75) is 32.3 Å². The van der Waals surface area contributed by atoms with Gasteiger partial charge in [0.2, 0.25) is 0 Å². The number of benzene rings is 1. The molecule has 0 amide bonds. The van der Waals surface area contributed by atoms with Crippen LogP contribution in [0.3, 0.4) is 0 Å². The van der Waals surface area contributed by atoms with Gasteiger partial charge in [-0.05, 0) is 50.9 Å². The molecule has 1 unspecified atom stereocenters. The van der Waals surface area contributed by atoms with E-state index < -0.39 is 0 Å². The lowest BCUT2D eigenvalue weighted by atomic mass is 10.1. The van der Waals surface area contributed by atoms with E-state index in [-0.39, 0.29) is 0 Å². The molecule has 0 spiro atoms. The van der Waals surface area contributed by atoms with Crippen LogP contribution in [0.5, 0.6) is 11.5 Å². The van der Waals surface area contributed by atoms with Crippen LogP contribution in [-0.2, 0) is 4.74 Å². The zero-order chi connectivity index (χ0) is 15.1. The highest BCUT2D eigenvalue weighted by atomic mass is 16.5. The summed E-state index contributed by atoms with van der Waals surface area (Å²) in [6, 6.07) is 6.00. The average Bonchev–Trinajstić information content (AvgIpc) is 2.49. The number of rotatable bonds is 7. The Morgan fingerprint density at radius 3 is 2.86 bits per heavy atom. The Bertz CT molecular complexity index is 430. The summed E-state index contributed by atoms with van der Waals surface area (Å²) in [4.78, 5) is 2.27. The maximum Gasteiger partial charge on any atom is 0.161 e. The molecule has 118 valence electrons. The van der Waals surface area contributed by atoms with Crippen LogP contribution in [0.25, 0.3) is 0 Å². The third-order valence-corrected chi connectivity index (χ3v) is 3.84. The summed E-state index contributed by atoms with van der Waals surface area (Å²) in [5, 5.41) is 0. The largest absolute Gasteiger partial charge is 0.493 e. The maximum absolute atomic E-state index is 5.84. The summed E-state index contributed by atoms with van der Waals surface area (Å²) in [7, 11) is 3.79. The zero-order valence-electron chi connectivity index (χ0n) is 13.4. The van der Waals surface area contributed by atoms with E-state index in [0.29, 0.717) is 12.7 Å². The summed E-state index contributed by atoms with van der Waals surface area (Å²) >= 11 is 0. The van der Waals surface area contributed by atoms with Crippen molar-refractivity contribution in [2.24, 2.45) is 0 Å². The monoisotopic (exact) mass is 293 g/mol. The van der Waals surface area contributed by atoms with Gasteiger partial charge in [0.05, 0.1) is 13.2 Å². The Hall–Kier alpha value is -1.26. The SMILES string of the molecule is COc1cc(C)ccc1OCCN(C)CC1CCCCO1. The van der Waals surface area contributed by atoms with Crippen molar-refractivity contribution in [1.82, 2.24) is 4.90 Å². The van der Waals surface area contributed by atoms with E-state index in [1.165, 1.54) is 24.8 Å². The molecule has 4 heteroatoms. The van der Waals surface area contributed by atoms with E-state index >= 15 is 0 Å². The first-order chi connectivity index (χ1) is 10.2. The number of likely N-dealkylation sites (N-methyl/N-ethyl adjacent to an activating group) is 1. The van der Waals surface area contributed by atoms with E-state index in [0.717, 1.165) is 31.2 Å². The summed E-state index contributed by atoms with van der Waals surface area (Å²) in [6.07, 6.45) is 4.06. The third-order valence-electron chi connectivity index (χ3n) is 3.84. The Balaban J connectivity index is 1.73. The molecule has 0 aliphatic carbocycles. The van der Waals surface area contributed by atoms with Crippen molar-refractivity contribution in [3.05, 3.63) is 23.8 Å². The molecule has 0 bridgehead atoms. The lowest BCUT2D eigenvalue weighted by molar-refractivity contribution is -0.00286. The predicted molar refractivity (Wildman–Crippen MR) is 84.3 cm³/mol. The molecule has 21 heavy (non-hydrogen) atoms. The van der Waals surface area contributed by atoms with E-state index in [2.05, 4.69) is 11.9 Å². The molecule has 1 fully saturated rings. The Morgan fingerprint density at radius 2 is 2.14 bits per heavy atom. The molecule has 0 radical (unpaired) electrons. The summed E-state index contributed by atoms with van der Waals surface area (Å²) in [5.41, 5.74) is 1.17. The van der Waals surface area contributed by atoms with Crippen LogP contribution >= 0.6 is 0 Å². The quantitative estimate of drug-likeness (QED) is 0.773. The van der Waals surface area contributed by atoms with E-state index in [4.69, 9.17) is 14.2 Å². The van der Waals surface area contributed by atoms with E-state index in [1.807, 2.05) is 25.1 Å². The maximum atomic E-state index is 5.84. The number of hydrogen-bond donors (Lipinski definition) is 0. The minimum atomic E-state index is 0.387. The lowest BCUT2D eigenvalue weighted by Crippen LogP contribution is -2.35. The second kappa shape index (κ2) is 8.25. The van der Waals surface area contributed by atoms with Gasteiger partial charge >= 0.3 is 0 Å². The van der Waals surface area contributed by atoms with Crippen LogP contribution in [-0.4, -0.2) is 51.5 Å². The predicted octanol–water partition coefficient (Wildman–Crippen LogP) is 2.88. The highest BCUT2D eigenvalue weighted by Gasteiger charge is 2.15. The second-order valence-corrected chi connectivity index (χ2v) is 5.75. The van der Waals surface area contributed by atoms with Gasteiger partial charge in [-0.25, -0.2) is 0 Å². The molecule has 1 heterocycles. The number of aryl methyl sites for hydroxylation is 1. The second-order valence-electron chi connectivity index (χ2n) is 5.75. The molecule has 0 N–H and O–H groups in total. The van der Waals surface area contributed by atoms with Crippen LogP contribution in [0.15, 0.2) is 18.2 Å². The first kappa shape index (κ1) is 16.1. The molecule has 4 nitrogen and oxygen atoms in total. The Morgan fingerprint density at radius 1 is 1.29 bits per heavy atom. The zero-order valence-corrected chi connectivity index (χ0v) is 13.4. The fourth-order valence-corrected chi connectivity index (χ4v) is 2.60. The normalized spacial score (nSPS) is 18.8. The van der Waals surface area contributed by atoms with Gasteiger partial charge in [0, 0.05) is 19.7 Å². The smallest absolute Gasteiger partial charge is 0.161 e.